The van der Waals surface area contributed by atoms with Gasteiger partial charge in [0.05, 0.1) is 27.0 Å². The van der Waals surface area contributed by atoms with Gasteiger partial charge in [-0.25, -0.2) is 4.98 Å². The molecule has 0 radical (unpaired) electrons. The van der Waals surface area contributed by atoms with Crippen molar-refractivity contribution in [2.45, 2.75) is 6.61 Å². The second kappa shape index (κ2) is 9.30. The molecule has 164 valence electrons. The summed E-state index contributed by atoms with van der Waals surface area (Å²) in [6.45, 7) is 0.311. The molecule has 0 aliphatic rings. The number of methoxy groups -OCH3 is 3. The van der Waals surface area contributed by atoms with E-state index in [2.05, 4.69) is 10.3 Å². The Morgan fingerprint density at radius 2 is 1.75 bits per heavy atom. The summed E-state index contributed by atoms with van der Waals surface area (Å²) in [4.78, 5) is 17.3. The van der Waals surface area contributed by atoms with Crippen LogP contribution in [0.25, 0.3) is 5.65 Å². The largest absolute Gasteiger partial charge is 0.493 e. The normalized spacial score (nSPS) is 10.6. The lowest BCUT2D eigenvalue weighted by molar-refractivity contribution is 0.102. The van der Waals surface area contributed by atoms with Gasteiger partial charge in [0.2, 0.25) is 5.75 Å². The van der Waals surface area contributed by atoms with Crippen LogP contribution < -0.4 is 24.3 Å². The average molecular weight is 433 g/mol. The number of ether oxygens (including phenoxy) is 4. The van der Waals surface area contributed by atoms with Crippen LogP contribution in [0.15, 0.2) is 67.0 Å². The molecule has 0 bridgehead atoms. The summed E-state index contributed by atoms with van der Waals surface area (Å²) in [6, 6.07) is 16.2. The number of nitrogens with zero attached hydrogens (tertiary/aromatic N) is 2. The number of nitrogens with one attached hydrogen (secondary N) is 1. The van der Waals surface area contributed by atoms with Gasteiger partial charge < -0.3 is 28.7 Å². The van der Waals surface area contributed by atoms with E-state index < -0.39 is 0 Å². The van der Waals surface area contributed by atoms with E-state index in [1.807, 2.05) is 47.1 Å². The van der Waals surface area contributed by atoms with E-state index in [1.54, 1.807) is 24.3 Å². The summed E-state index contributed by atoms with van der Waals surface area (Å²) >= 11 is 0. The molecular weight excluding hydrogens is 410 g/mol. The zero-order valence-corrected chi connectivity index (χ0v) is 18.0. The monoisotopic (exact) mass is 433 g/mol. The van der Waals surface area contributed by atoms with E-state index in [-0.39, 0.29) is 5.91 Å². The molecule has 8 heteroatoms. The summed E-state index contributed by atoms with van der Waals surface area (Å²) in [5.74, 6) is 1.53. The van der Waals surface area contributed by atoms with E-state index in [1.165, 1.54) is 21.3 Å². The summed E-state index contributed by atoms with van der Waals surface area (Å²) < 4.78 is 23.8. The highest BCUT2D eigenvalue weighted by Crippen LogP contribution is 2.38. The van der Waals surface area contributed by atoms with Gasteiger partial charge in [0, 0.05) is 29.7 Å². The Labute approximate surface area is 185 Å². The fourth-order valence-electron chi connectivity index (χ4n) is 3.29. The Morgan fingerprint density at radius 1 is 0.969 bits per heavy atom. The molecule has 0 saturated heterocycles. The SMILES string of the molecule is COc1cc(C(=O)Nc2cccc(OCc3cn4ccccc4n3)c2)cc(OC)c1OC. The molecule has 0 aliphatic carbocycles. The fourth-order valence-corrected chi connectivity index (χ4v) is 3.29. The zero-order valence-electron chi connectivity index (χ0n) is 18.0. The van der Waals surface area contributed by atoms with Crippen molar-refractivity contribution >= 4 is 17.2 Å². The summed E-state index contributed by atoms with van der Waals surface area (Å²) in [7, 11) is 4.52. The molecule has 2 aromatic heterocycles. The molecule has 1 N–H and O–H groups in total. The molecule has 4 rings (SSSR count). The predicted octanol–water partition coefficient (Wildman–Crippen LogP) is 4.19. The van der Waals surface area contributed by atoms with E-state index in [0.29, 0.717) is 40.9 Å². The van der Waals surface area contributed by atoms with Crippen molar-refractivity contribution in [2.75, 3.05) is 26.6 Å². The van der Waals surface area contributed by atoms with Gasteiger partial charge in [-0.2, -0.15) is 0 Å². The van der Waals surface area contributed by atoms with E-state index in [4.69, 9.17) is 18.9 Å². The molecule has 2 aromatic carbocycles. The number of rotatable bonds is 8. The van der Waals surface area contributed by atoms with E-state index in [9.17, 15) is 4.79 Å². The number of carbonyl (C=O) groups is 1. The van der Waals surface area contributed by atoms with Gasteiger partial charge in [-0.05, 0) is 36.4 Å². The third kappa shape index (κ3) is 4.44. The number of amides is 1. The fraction of sp³-hybridized carbons (Fsp3) is 0.167. The molecule has 0 spiro atoms. The van der Waals surface area contributed by atoms with Crippen molar-refractivity contribution in [3.63, 3.8) is 0 Å². The van der Waals surface area contributed by atoms with Gasteiger partial charge in [0.15, 0.2) is 11.5 Å². The van der Waals surface area contributed by atoms with Gasteiger partial charge in [0.25, 0.3) is 5.91 Å². The quantitative estimate of drug-likeness (QED) is 0.449. The van der Waals surface area contributed by atoms with Gasteiger partial charge in [-0.3, -0.25) is 4.79 Å². The van der Waals surface area contributed by atoms with Crippen LogP contribution in [0.4, 0.5) is 5.69 Å². The minimum atomic E-state index is -0.318. The van der Waals surface area contributed by atoms with Crippen molar-refractivity contribution in [1.29, 1.82) is 0 Å². The van der Waals surface area contributed by atoms with Crippen molar-refractivity contribution in [1.82, 2.24) is 9.38 Å². The van der Waals surface area contributed by atoms with Gasteiger partial charge in [-0.15, -0.1) is 0 Å². The third-order valence-corrected chi connectivity index (χ3v) is 4.82. The number of carbonyl (C=O) groups excluding carboxylic acids is 1. The van der Waals surface area contributed by atoms with Crippen LogP contribution in [-0.2, 0) is 6.61 Å². The van der Waals surface area contributed by atoms with Gasteiger partial charge >= 0.3 is 0 Å². The molecular formula is C24H23N3O5. The summed E-state index contributed by atoms with van der Waals surface area (Å²) in [5, 5.41) is 2.87. The number of imidazole rings is 1. The lowest BCUT2D eigenvalue weighted by Crippen LogP contribution is -2.12. The molecule has 8 nitrogen and oxygen atoms in total. The van der Waals surface area contributed by atoms with Gasteiger partial charge in [0.1, 0.15) is 18.0 Å². The highest BCUT2D eigenvalue weighted by molar-refractivity contribution is 6.05. The minimum Gasteiger partial charge on any atom is -0.493 e. The van der Waals surface area contributed by atoms with Crippen LogP contribution in [0.1, 0.15) is 16.1 Å². The van der Waals surface area contributed by atoms with E-state index in [0.717, 1.165) is 11.3 Å². The lowest BCUT2D eigenvalue weighted by Gasteiger charge is -2.14. The summed E-state index contributed by atoms with van der Waals surface area (Å²) in [6.07, 6.45) is 3.86. The van der Waals surface area contributed by atoms with Crippen LogP contribution in [0.5, 0.6) is 23.0 Å². The maximum absolute atomic E-state index is 12.8. The van der Waals surface area contributed by atoms with Crippen LogP contribution in [0.3, 0.4) is 0 Å². The molecule has 0 unspecified atom stereocenters. The first-order valence-corrected chi connectivity index (χ1v) is 9.88. The Bertz CT molecular complexity index is 1190. The van der Waals surface area contributed by atoms with Crippen LogP contribution >= 0.6 is 0 Å². The van der Waals surface area contributed by atoms with Crippen LogP contribution in [0, 0.1) is 0 Å². The Morgan fingerprint density at radius 3 is 2.44 bits per heavy atom. The highest BCUT2D eigenvalue weighted by Gasteiger charge is 2.17. The van der Waals surface area contributed by atoms with Crippen LogP contribution in [0.2, 0.25) is 0 Å². The second-order valence-electron chi connectivity index (χ2n) is 6.88. The number of benzene rings is 2. The lowest BCUT2D eigenvalue weighted by atomic mass is 10.1. The Balaban J connectivity index is 1.47. The molecule has 4 aromatic rings. The average Bonchev–Trinajstić information content (AvgIpc) is 3.25. The minimum absolute atomic E-state index is 0.311. The van der Waals surface area contributed by atoms with Crippen molar-refractivity contribution in [3.05, 3.63) is 78.2 Å². The highest BCUT2D eigenvalue weighted by atomic mass is 16.5. The molecule has 32 heavy (non-hydrogen) atoms. The Hall–Kier alpha value is -4.20. The number of hydrogen-bond donors (Lipinski definition) is 1. The van der Waals surface area contributed by atoms with Gasteiger partial charge in [-0.1, -0.05) is 12.1 Å². The second-order valence-corrected chi connectivity index (χ2v) is 6.88. The number of anilines is 1. The first kappa shape index (κ1) is 21.0. The molecule has 0 atom stereocenters. The summed E-state index contributed by atoms with van der Waals surface area (Å²) in [5.41, 5.74) is 2.63. The number of hydrogen-bond acceptors (Lipinski definition) is 6. The number of pyridine rings is 1. The van der Waals surface area contributed by atoms with E-state index >= 15 is 0 Å². The van der Waals surface area contributed by atoms with Crippen molar-refractivity contribution < 1.29 is 23.7 Å². The smallest absolute Gasteiger partial charge is 0.255 e. The van der Waals surface area contributed by atoms with Crippen LogP contribution in [-0.4, -0.2) is 36.6 Å². The first-order chi connectivity index (χ1) is 15.6. The molecule has 0 fully saturated rings. The van der Waals surface area contributed by atoms with Crippen molar-refractivity contribution in [2.24, 2.45) is 0 Å². The predicted molar refractivity (Wildman–Crippen MR) is 120 cm³/mol. The molecule has 0 saturated carbocycles. The first-order valence-electron chi connectivity index (χ1n) is 9.88. The topological polar surface area (TPSA) is 83.3 Å². The molecule has 1 amide bonds. The number of fused-ring (bicyclic) bond motifs is 1. The molecule has 2 heterocycles. The number of aromatic nitrogens is 2. The molecule has 0 aliphatic heterocycles. The maximum Gasteiger partial charge on any atom is 0.255 e. The van der Waals surface area contributed by atoms with Crippen molar-refractivity contribution in [3.8, 4) is 23.0 Å². The standard InChI is InChI=1S/C24H23N3O5/c1-29-20-11-16(12-21(30-2)23(20)31-3)24(28)26-17-7-6-8-19(13-17)32-15-18-14-27-10-5-4-9-22(27)25-18/h4-14H,15H2,1-3H3,(H,26,28). The zero-order chi connectivity index (χ0) is 22.5. The third-order valence-electron chi connectivity index (χ3n) is 4.82. The maximum atomic E-state index is 12.8. The Kier molecular flexibility index (Phi) is 6.12.